The van der Waals surface area contributed by atoms with Crippen molar-refractivity contribution in [2.75, 3.05) is 13.1 Å². The average Bonchev–Trinajstić information content (AvgIpc) is 3.35. The van der Waals surface area contributed by atoms with Gasteiger partial charge in [-0.1, -0.05) is 42.5 Å². The van der Waals surface area contributed by atoms with Crippen LogP contribution in [0.15, 0.2) is 59.4 Å². The molecule has 1 amide bonds. The number of ether oxygens (including phenoxy) is 1. The van der Waals surface area contributed by atoms with Crippen molar-refractivity contribution in [2.45, 2.75) is 45.8 Å². The topological polar surface area (TPSA) is 79.7 Å². The minimum absolute atomic E-state index is 0.00145. The Morgan fingerprint density at radius 3 is 2.30 bits per heavy atom. The number of benzene rings is 2. The zero-order chi connectivity index (χ0) is 24.0. The lowest BCUT2D eigenvalue weighted by Crippen LogP contribution is -2.43. The van der Waals surface area contributed by atoms with Gasteiger partial charge >= 0.3 is 5.97 Å². The Labute approximate surface area is 198 Å². The van der Waals surface area contributed by atoms with E-state index < -0.39 is 11.6 Å². The highest BCUT2D eigenvalue weighted by Crippen LogP contribution is 2.33. The van der Waals surface area contributed by atoms with E-state index in [-0.39, 0.29) is 18.4 Å². The fraction of sp³-hybridized carbons (Fsp3) is 0.346. The number of aromatic nitrogens is 1. The van der Waals surface area contributed by atoms with E-state index in [0.29, 0.717) is 24.3 Å². The summed E-state index contributed by atoms with van der Waals surface area (Å²) in [7, 11) is 0. The van der Waals surface area contributed by atoms with Crippen LogP contribution in [0.25, 0.3) is 11.1 Å². The molecule has 0 radical (unpaired) electrons. The summed E-state index contributed by atoms with van der Waals surface area (Å²) in [5.41, 5.74) is 3.66. The molecule has 0 spiro atoms. The largest absolute Gasteiger partial charge is 0.479 e. The second kappa shape index (κ2) is 10.7. The first-order valence-corrected chi connectivity index (χ1v) is 12.0. The number of aliphatic carboxylic acids is 1. The van der Waals surface area contributed by atoms with Gasteiger partial charge in [0, 0.05) is 30.5 Å². The Balaban J connectivity index is 1.95. The summed E-state index contributed by atoms with van der Waals surface area (Å²) < 4.78 is 5.96. The van der Waals surface area contributed by atoms with Crippen molar-refractivity contribution in [1.82, 2.24) is 9.88 Å². The van der Waals surface area contributed by atoms with Gasteiger partial charge < -0.3 is 14.7 Å². The monoisotopic (exact) mass is 466 g/mol. The van der Waals surface area contributed by atoms with Gasteiger partial charge in [-0.05, 0) is 50.5 Å². The standard InChI is InChI=1S/C26H30N2O4S/c1-5-28(6-2)24(29)22-10-8-7-9-21(22)20-13-11-19(12-14-20)15-26(25(30)31,32-18(3)4)23-16-33-17-27-23/h7-14,16-18H,5-6,15H2,1-4H3,(H,30,31). The van der Waals surface area contributed by atoms with Crippen LogP contribution in [-0.2, 0) is 21.6 Å². The third-order valence-electron chi connectivity index (χ3n) is 5.55. The quantitative estimate of drug-likeness (QED) is 0.442. The second-order valence-corrected chi connectivity index (χ2v) is 8.79. The minimum atomic E-state index is -1.56. The van der Waals surface area contributed by atoms with Crippen LogP contribution in [-0.4, -0.2) is 46.1 Å². The number of nitrogens with zero attached hydrogens (tertiary/aromatic N) is 2. The van der Waals surface area contributed by atoms with Gasteiger partial charge in [-0.15, -0.1) is 11.3 Å². The predicted octanol–water partition coefficient (Wildman–Crippen LogP) is 5.24. The van der Waals surface area contributed by atoms with Gasteiger partial charge in [-0.2, -0.15) is 0 Å². The number of carbonyl (C=O) groups excluding carboxylic acids is 1. The molecule has 6 nitrogen and oxygen atoms in total. The molecular formula is C26H30N2O4S. The van der Waals surface area contributed by atoms with Crippen molar-refractivity contribution in [2.24, 2.45) is 0 Å². The minimum Gasteiger partial charge on any atom is -0.479 e. The maximum Gasteiger partial charge on any atom is 0.342 e. The number of carboxylic acid groups (broad SMARTS) is 1. The van der Waals surface area contributed by atoms with Gasteiger partial charge in [-0.25, -0.2) is 9.78 Å². The van der Waals surface area contributed by atoms with Crippen molar-refractivity contribution < 1.29 is 19.4 Å². The molecule has 0 fully saturated rings. The van der Waals surface area contributed by atoms with Gasteiger partial charge in [0.2, 0.25) is 5.60 Å². The number of hydrogen-bond acceptors (Lipinski definition) is 5. The lowest BCUT2D eigenvalue weighted by atomic mass is 9.90. The van der Waals surface area contributed by atoms with Crippen molar-refractivity contribution in [3.8, 4) is 11.1 Å². The smallest absolute Gasteiger partial charge is 0.342 e. The van der Waals surface area contributed by atoms with E-state index in [1.165, 1.54) is 11.3 Å². The predicted molar refractivity (Wildman–Crippen MR) is 130 cm³/mol. The van der Waals surface area contributed by atoms with E-state index in [2.05, 4.69) is 4.98 Å². The third kappa shape index (κ3) is 5.31. The lowest BCUT2D eigenvalue weighted by molar-refractivity contribution is -0.174. The van der Waals surface area contributed by atoms with E-state index in [4.69, 9.17) is 4.74 Å². The number of thiazole rings is 1. The highest BCUT2D eigenvalue weighted by atomic mass is 32.1. The van der Waals surface area contributed by atoms with Crippen LogP contribution in [0.2, 0.25) is 0 Å². The van der Waals surface area contributed by atoms with Gasteiger partial charge in [0.15, 0.2) is 0 Å². The molecule has 2 aromatic carbocycles. The molecule has 0 bridgehead atoms. The molecule has 0 saturated carbocycles. The first-order chi connectivity index (χ1) is 15.8. The highest BCUT2D eigenvalue weighted by Gasteiger charge is 2.44. The number of hydrogen-bond donors (Lipinski definition) is 1. The van der Waals surface area contributed by atoms with Crippen LogP contribution >= 0.6 is 11.3 Å². The maximum absolute atomic E-state index is 13.0. The van der Waals surface area contributed by atoms with Crippen molar-refractivity contribution >= 4 is 23.2 Å². The molecule has 0 aliphatic rings. The summed E-state index contributed by atoms with van der Waals surface area (Å²) in [6.07, 6.45) is -0.148. The highest BCUT2D eigenvalue weighted by molar-refractivity contribution is 7.07. The van der Waals surface area contributed by atoms with Gasteiger partial charge in [-0.3, -0.25) is 4.79 Å². The number of carboxylic acids is 1. The number of rotatable bonds is 10. The van der Waals surface area contributed by atoms with Crippen molar-refractivity contribution in [3.05, 3.63) is 76.2 Å². The lowest BCUT2D eigenvalue weighted by Gasteiger charge is -2.30. The molecule has 3 rings (SSSR count). The molecule has 0 saturated heterocycles. The molecule has 3 aromatic rings. The molecule has 33 heavy (non-hydrogen) atoms. The second-order valence-electron chi connectivity index (χ2n) is 8.07. The van der Waals surface area contributed by atoms with E-state index in [9.17, 15) is 14.7 Å². The normalized spacial score (nSPS) is 13.0. The summed E-state index contributed by atoms with van der Waals surface area (Å²) in [5.74, 6) is -1.07. The zero-order valence-corrected chi connectivity index (χ0v) is 20.3. The molecule has 1 heterocycles. The van der Waals surface area contributed by atoms with Gasteiger partial charge in [0.1, 0.15) is 0 Å². The van der Waals surface area contributed by atoms with Crippen LogP contribution in [0.1, 0.15) is 49.3 Å². The summed E-state index contributed by atoms with van der Waals surface area (Å²) >= 11 is 1.34. The summed E-state index contributed by atoms with van der Waals surface area (Å²) in [4.78, 5) is 31.4. The molecule has 0 aliphatic carbocycles. The fourth-order valence-electron chi connectivity index (χ4n) is 3.93. The third-order valence-corrected chi connectivity index (χ3v) is 6.14. The van der Waals surface area contributed by atoms with Gasteiger partial charge in [0.25, 0.3) is 5.91 Å². The van der Waals surface area contributed by atoms with Crippen LogP contribution in [0.3, 0.4) is 0 Å². The van der Waals surface area contributed by atoms with E-state index >= 15 is 0 Å². The zero-order valence-electron chi connectivity index (χ0n) is 19.4. The SMILES string of the molecule is CCN(CC)C(=O)c1ccccc1-c1ccc(CC(OC(C)C)(C(=O)O)c2cscn2)cc1. The summed E-state index contributed by atoms with van der Waals surface area (Å²) in [6, 6.07) is 15.2. The van der Waals surface area contributed by atoms with E-state index in [0.717, 1.165) is 16.7 Å². The molecule has 174 valence electrons. The van der Waals surface area contributed by atoms with Crippen LogP contribution in [0, 0.1) is 0 Å². The Hall–Kier alpha value is -3.03. The molecule has 1 unspecified atom stereocenters. The Morgan fingerprint density at radius 2 is 1.76 bits per heavy atom. The molecule has 0 aliphatic heterocycles. The van der Waals surface area contributed by atoms with Crippen LogP contribution < -0.4 is 0 Å². The van der Waals surface area contributed by atoms with E-state index in [1.54, 1.807) is 15.8 Å². The Kier molecular flexibility index (Phi) is 8.00. The van der Waals surface area contributed by atoms with Crippen LogP contribution in [0.5, 0.6) is 0 Å². The number of amides is 1. The summed E-state index contributed by atoms with van der Waals surface area (Å²) in [6.45, 7) is 8.86. The maximum atomic E-state index is 13.0. The molecule has 7 heteroatoms. The number of carbonyl (C=O) groups is 2. The van der Waals surface area contributed by atoms with Crippen LogP contribution in [0.4, 0.5) is 0 Å². The fourth-order valence-corrected chi connectivity index (χ4v) is 4.55. The first-order valence-electron chi connectivity index (χ1n) is 11.1. The van der Waals surface area contributed by atoms with E-state index in [1.807, 2.05) is 76.2 Å². The molecule has 1 atom stereocenters. The van der Waals surface area contributed by atoms with Gasteiger partial charge in [0.05, 0.1) is 17.3 Å². The molecule has 1 N–H and O–H groups in total. The molecular weight excluding hydrogens is 436 g/mol. The average molecular weight is 467 g/mol. The first kappa shape index (κ1) is 24.6. The van der Waals surface area contributed by atoms with Crippen molar-refractivity contribution in [1.29, 1.82) is 0 Å². The Morgan fingerprint density at radius 1 is 1.09 bits per heavy atom. The Bertz CT molecular complexity index is 1080. The molecule has 1 aromatic heterocycles. The summed E-state index contributed by atoms with van der Waals surface area (Å²) in [5, 5.41) is 11.9. The van der Waals surface area contributed by atoms with Crippen molar-refractivity contribution in [3.63, 3.8) is 0 Å².